The number of aliphatic hydroxyl groups is 1. The minimum atomic E-state index is -0.812. The van der Waals surface area contributed by atoms with Crippen molar-refractivity contribution in [2.24, 2.45) is 0 Å². The summed E-state index contributed by atoms with van der Waals surface area (Å²) in [6.45, 7) is 9.74. The number of carbonyl (C=O) groups is 1. The van der Waals surface area contributed by atoms with E-state index in [0.29, 0.717) is 21.5 Å². The predicted octanol–water partition coefficient (Wildman–Crippen LogP) is 6.03. The average Bonchev–Trinajstić information content (AvgIpc) is 2.79. The minimum absolute atomic E-state index is 0.00491. The Kier molecular flexibility index (Phi) is 11.4. The first-order valence-electron chi connectivity index (χ1n) is 11.3. The Labute approximate surface area is 222 Å². The Bertz CT molecular complexity index is 939. The fraction of sp³-hybridized carbons (Fsp3) is 0.500. The number of benzene rings is 2. The van der Waals surface area contributed by atoms with Crippen LogP contribution in [0.15, 0.2) is 36.4 Å². The third kappa shape index (κ3) is 9.03. The van der Waals surface area contributed by atoms with Crippen LogP contribution in [0, 0.1) is 0 Å². The van der Waals surface area contributed by atoms with Gasteiger partial charge in [0.1, 0.15) is 25.1 Å². The van der Waals surface area contributed by atoms with Crippen molar-refractivity contribution in [3.63, 3.8) is 0 Å². The fourth-order valence-electron chi connectivity index (χ4n) is 3.26. The Morgan fingerprint density at radius 2 is 1.57 bits per heavy atom. The Balaban J connectivity index is 2.12. The molecule has 0 aromatic heterocycles. The minimum Gasteiger partial charge on any atom is -0.490 e. The Morgan fingerprint density at radius 1 is 0.971 bits per heavy atom. The molecule has 0 saturated carbocycles. The molecule has 35 heavy (non-hydrogen) atoms. The zero-order valence-electron chi connectivity index (χ0n) is 20.6. The molecule has 2 rings (SSSR count). The van der Waals surface area contributed by atoms with Crippen LogP contribution in [0.2, 0.25) is 10.0 Å². The normalized spacial score (nSPS) is 13.4. The summed E-state index contributed by atoms with van der Waals surface area (Å²) in [5.41, 5.74) is 1.49. The molecule has 0 amide bonds. The number of hydrogen-bond acceptors (Lipinski definition) is 6. The van der Waals surface area contributed by atoms with Crippen molar-refractivity contribution in [2.45, 2.75) is 58.3 Å². The molecule has 2 atom stereocenters. The van der Waals surface area contributed by atoms with Gasteiger partial charge in [0.2, 0.25) is 0 Å². The van der Waals surface area contributed by atoms with Gasteiger partial charge in [-0.1, -0.05) is 49.2 Å². The van der Waals surface area contributed by atoms with Crippen LogP contribution in [0.4, 0.5) is 0 Å². The lowest BCUT2D eigenvalue weighted by molar-refractivity contribution is -0.152. The summed E-state index contributed by atoms with van der Waals surface area (Å²) >= 11 is 18.5. The highest BCUT2D eigenvalue weighted by molar-refractivity contribution is 6.37. The third-order valence-electron chi connectivity index (χ3n) is 5.28. The van der Waals surface area contributed by atoms with E-state index >= 15 is 0 Å². The van der Waals surface area contributed by atoms with Gasteiger partial charge in [0.05, 0.1) is 28.6 Å². The standard InChI is InChI=1S/C26H33Cl3O6/c1-16(2)32-14-22(35-17(3)30)15-33-21-8-6-18(7-9-21)26(4,5)19-10-23(28)25(24(29)11-19)34-13-20(31)12-27/h6-11,16,20,22,31H,12-15H2,1-5H3/t20-,22+/m0/s1. The van der Waals surface area contributed by atoms with E-state index in [1.807, 2.05) is 38.1 Å². The topological polar surface area (TPSA) is 74.2 Å². The monoisotopic (exact) mass is 546 g/mol. The first-order valence-corrected chi connectivity index (χ1v) is 12.6. The van der Waals surface area contributed by atoms with Gasteiger partial charge in [-0.3, -0.25) is 4.79 Å². The molecule has 1 N–H and O–H groups in total. The number of rotatable bonds is 13. The molecule has 194 valence electrons. The lowest BCUT2D eigenvalue weighted by atomic mass is 9.78. The molecule has 0 saturated heterocycles. The molecule has 0 aliphatic rings. The van der Waals surface area contributed by atoms with Gasteiger partial charge in [-0.05, 0) is 49.2 Å². The Morgan fingerprint density at radius 3 is 2.09 bits per heavy atom. The maximum absolute atomic E-state index is 11.4. The molecular formula is C26H33Cl3O6. The van der Waals surface area contributed by atoms with Crippen molar-refractivity contribution < 1.29 is 28.8 Å². The molecule has 0 fully saturated rings. The number of ether oxygens (including phenoxy) is 4. The van der Waals surface area contributed by atoms with Crippen LogP contribution >= 0.6 is 34.8 Å². The molecule has 0 heterocycles. The molecule has 2 aromatic rings. The molecule has 0 bridgehead atoms. The zero-order chi connectivity index (χ0) is 26.2. The second kappa shape index (κ2) is 13.6. The highest BCUT2D eigenvalue weighted by Gasteiger charge is 2.26. The molecule has 0 aliphatic carbocycles. The second-order valence-electron chi connectivity index (χ2n) is 8.96. The van der Waals surface area contributed by atoms with E-state index in [1.165, 1.54) is 6.92 Å². The largest absolute Gasteiger partial charge is 0.490 e. The van der Waals surface area contributed by atoms with E-state index in [4.69, 9.17) is 53.8 Å². The molecule has 2 aromatic carbocycles. The SMILES string of the molecule is CC(=O)O[C@@H](COc1ccc(C(C)(C)c2cc(Cl)c(OC[C@@H](O)CCl)c(Cl)c2)cc1)COC(C)C. The van der Waals surface area contributed by atoms with Crippen molar-refractivity contribution >= 4 is 40.8 Å². The highest BCUT2D eigenvalue weighted by atomic mass is 35.5. The van der Waals surface area contributed by atoms with E-state index < -0.39 is 17.6 Å². The van der Waals surface area contributed by atoms with Gasteiger partial charge in [-0.2, -0.15) is 0 Å². The summed E-state index contributed by atoms with van der Waals surface area (Å²) in [5.74, 6) is 0.622. The summed E-state index contributed by atoms with van der Waals surface area (Å²) in [5, 5.41) is 10.3. The van der Waals surface area contributed by atoms with Gasteiger partial charge in [-0.15, -0.1) is 11.6 Å². The average molecular weight is 548 g/mol. The molecule has 0 spiro atoms. The summed E-state index contributed by atoms with van der Waals surface area (Å²) in [6.07, 6.45) is -1.29. The number of aliphatic hydroxyl groups excluding tert-OH is 1. The quantitative estimate of drug-likeness (QED) is 0.244. The number of halogens is 3. The van der Waals surface area contributed by atoms with Gasteiger partial charge in [0.15, 0.2) is 11.9 Å². The van der Waals surface area contributed by atoms with E-state index in [-0.39, 0.29) is 37.8 Å². The van der Waals surface area contributed by atoms with E-state index in [0.717, 1.165) is 11.1 Å². The van der Waals surface area contributed by atoms with Crippen molar-refractivity contribution in [3.8, 4) is 11.5 Å². The third-order valence-corrected chi connectivity index (χ3v) is 6.20. The summed E-state index contributed by atoms with van der Waals surface area (Å²) in [6, 6.07) is 11.3. The van der Waals surface area contributed by atoms with Crippen LogP contribution < -0.4 is 9.47 Å². The summed E-state index contributed by atoms with van der Waals surface area (Å²) < 4.78 is 22.2. The van der Waals surface area contributed by atoms with Crippen molar-refractivity contribution in [1.29, 1.82) is 0 Å². The van der Waals surface area contributed by atoms with Crippen molar-refractivity contribution in [1.82, 2.24) is 0 Å². The van der Waals surface area contributed by atoms with Gasteiger partial charge >= 0.3 is 5.97 Å². The maximum Gasteiger partial charge on any atom is 0.303 e. The molecule has 0 radical (unpaired) electrons. The Hall–Kier alpha value is -1.70. The first kappa shape index (κ1) is 29.5. The molecule has 0 unspecified atom stereocenters. The van der Waals surface area contributed by atoms with Crippen molar-refractivity contribution in [3.05, 3.63) is 57.6 Å². The lowest BCUT2D eigenvalue weighted by Crippen LogP contribution is -2.30. The van der Waals surface area contributed by atoms with Crippen LogP contribution in [0.5, 0.6) is 11.5 Å². The number of hydrogen-bond donors (Lipinski definition) is 1. The molecular weight excluding hydrogens is 515 g/mol. The maximum atomic E-state index is 11.4. The second-order valence-corrected chi connectivity index (χ2v) is 10.1. The molecule has 6 nitrogen and oxygen atoms in total. The highest BCUT2D eigenvalue weighted by Crippen LogP contribution is 2.40. The molecule has 9 heteroatoms. The lowest BCUT2D eigenvalue weighted by Gasteiger charge is -2.27. The van der Waals surface area contributed by atoms with Crippen LogP contribution in [-0.4, -0.2) is 55.1 Å². The number of carbonyl (C=O) groups excluding carboxylic acids is 1. The van der Waals surface area contributed by atoms with Crippen LogP contribution in [0.3, 0.4) is 0 Å². The van der Waals surface area contributed by atoms with Gasteiger partial charge in [0.25, 0.3) is 0 Å². The van der Waals surface area contributed by atoms with Crippen molar-refractivity contribution in [2.75, 3.05) is 25.7 Å². The van der Waals surface area contributed by atoms with Gasteiger partial charge in [-0.25, -0.2) is 0 Å². The van der Waals surface area contributed by atoms with Gasteiger partial charge < -0.3 is 24.1 Å². The summed E-state index contributed by atoms with van der Waals surface area (Å²) in [7, 11) is 0. The van der Waals surface area contributed by atoms with E-state index in [1.54, 1.807) is 12.1 Å². The first-order chi connectivity index (χ1) is 16.4. The number of alkyl halides is 1. The van der Waals surface area contributed by atoms with Crippen LogP contribution in [0.1, 0.15) is 45.7 Å². The zero-order valence-corrected chi connectivity index (χ0v) is 22.9. The number of esters is 1. The van der Waals surface area contributed by atoms with Gasteiger partial charge in [0, 0.05) is 12.3 Å². The smallest absolute Gasteiger partial charge is 0.303 e. The van der Waals surface area contributed by atoms with Crippen LogP contribution in [-0.2, 0) is 19.7 Å². The molecule has 0 aliphatic heterocycles. The predicted molar refractivity (Wildman–Crippen MR) is 139 cm³/mol. The van der Waals surface area contributed by atoms with E-state index in [2.05, 4.69) is 13.8 Å². The van der Waals surface area contributed by atoms with Crippen LogP contribution in [0.25, 0.3) is 0 Å². The summed E-state index contributed by atoms with van der Waals surface area (Å²) in [4.78, 5) is 11.4. The van der Waals surface area contributed by atoms with E-state index in [9.17, 15) is 9.90 Å². The fourth-order valence-corrected chi connectivity index (χ4v) is 3.94.